The van der Waals surface area contributed by atoms with Crippen molar-refractivity contribution in [3.8, 4) is 0 Å². The minimum atomic E-state index is -3.58. The SMILES string of the molecule is C=CCNS(=O)(=O)c1ccc2c(c1)CCCN2C(=O)c1ccc(C)cc1. The van der Waals surface area contributed by atoms with Crippen LogP contribution in [0.2, 0.25) is 0 Å². The van der Waals surface area contributed by atoms with Gasteiger partial charge in [-0.15, -0.1) is 6.58 Å². The maximum absolute atomic E-state index is 12.9. The van der Waals surface area contributed by atoms with Gasteiger partial charge in [0.15, 0.2) is 0 Å². The number of benzene rings is 2. The molecule has 26 heavy (non-hydrogen) atoms. The van der Waals surface area contributed by atoms with Gasteiger partial charge in [-0.1, -0.05) is 23.8 Å². The monoisotopic (exact) mass is 370 g/mol. The van der Waals surface area contributed by atoms with Crippen molar-refractivity contribution in [3.63, 3.8) is 0 Å². The molecule has 2 aromatic rings. The van der Waals surface area contributed by atoms with Crippen LogP contribution in [0, 0.1) is 6.92 Å². The molecule has 0 saturated carbocycles. The van der Waals surface area contributed by atoms with Crippen LogP contribution < -0.4 is 9.62 Å². The molecule has 5 nitrogen and oxygen atoms in total. The summed E-state index contributed by atoms with van der Waals surface area (Å²) < 4.78 is 27.1. The van der Waals surface area contributed by atoms with Crippen molar-refractivity contribution in [2.24, 2.45) is 0 Å². The van der Waals surface area contributed by atoms with Gasteiger partial charge >= 0.3 is 0 Å². The molecule has 0 saturated heterocycles. The summed E-state index contributed by atoms with van der Waals surface area (Å²) in [5.41, 5.74) is 3.39. The largest absolute Gasteiger partial charge is 0.308 e. The highest BCUT2D eigenvalue weighted by Crippen LogP contribution is 2.30. The summed E-state index contributed by atoms with van der Waals surface area (Å²) in [6.07, 6.45) is 3.05. The van der Waals surface area contributed by atoms with Crippen molar-refractivity contribution in [1.29, 1.82) is 0 Å². The van der Waals surface area contributed by atoms with Crippen LogP contribution in [0.15, 0.2) is 60.0 Å². The fraction of sp³-hybridized carbons (Fsp3) is 0.250. The average Bonchev–Trinajstić information content (AvgIpc) is 2.65. The number of fused-ring (bicyclic) bond motifs is 1. The van der Waals surface area contributed by atoms with Gasteiger partial charge in [0.05, 0.1) is 4.90 Å². The molecule has 3 rings (SSSR count). The van der Waals surface area contributed by atoms with Crippen LogP contribution in [-0.4, -0.2) is 27.4 Å². The quantitative estimate of drug-likeness (QED) is 0.823. The van der Waals surface area contributed by atoms with Crippen LogP contribution in [-0.2, 0) is 16.4 Å². The average molecular weight is 370 g/mol. The summed E-state index contributed by atoms with van der Waals surface area (Å²) in [5, 5.41) is 0. The van der Waals surface area contributed by atoms with Gasteiger partial charge in [0, 0.05) is 24.3 Å². The Morgan fingerprint density at radius 2 is 1.96 bits per heavy atom. The van der Waals surface area contributed by atoms with Crippen molar-refractivity contribution >= 4 is 21.6 Å². The molecule has 0 unspecified atom stereocenters. The van der Waals surface area contributed by atoms with E-state index in [0.717, 1.165) is 29.7 Å². The maximum atomic E-state index is 12.9. The molecule has 0 spiro atoms. The predicted molar refractivity (Wildman–Crippen MR) is 103 cm³/mol. The first-order chi connectivity index (χ1) is 12.4. The molecule has 6 heteroatoms. The van der Waals surface area contributed by atoms with Crippen LogP contribution in [0.3, 0.4) is 0 Å². The van der Waals surface area contributed by atoms with Crippen molar-refractivity contribution in [2.45, 2.75) is 24.7 Å². The number of anilines is 1. The molecule has 1 heterocycles. The number of nitrogens with one attached hydrogen (secondary N) is 1. The Bertz CT molecular complexity index is 934. The van der Waals surface area contributed by atoms with Gasteiger partial charge in [-0.3, -0.25) is 4.79 Å². The van der Waals surface area contributed by atoms with Gasteiger partial charge < -0.3 is 4.90 Å². The molecular formula is C20H22N2O3S. The molecule has 136 valence electrons. The van der Waals surface area contributed by atoms with E-state index in [0.29, 0.717) is 12.1 Å². The molecule has 1 aliphatic rings. The zero-order valence-electron chi connectivity index (χ0n) is 14.7. The van der Waals surface area contributed by atoms with Gasteiger partial charge in [-0.05, 0) is 55.7 Å². The summed E-state index contributed by atoms with van der Waals surface area (Å²) in [7, 11) is -3.58. The first kappa shape index (κ1) is 18.4. The summed E-state index contributed by atoms with van der Waals surface area (Å²) in [4.78, 5) is 14.8. The Morgan fingerprint density at radius 3 is 2.65 bits per heavy atom. The number of nitrogens with zero attached hydrogens (tertiary/aromatic N) is 1. The Kier molecular flexibility index (Phi) is 5.25. The summed E-state index contributed by atoms with van der Waals surface area (Å²) in [5.74, 6) is -0.0636. The second-order valence-corrected chi connectivity index (χ2v) is 8.12. The summed E-state index contributed by atoms with van der Waals surface area (Å²) in [6.45, 7) is 6.30. The number of carbonyl (C=O) groups excluding carboxylic acids is 1. The maximum Gasteiger partial charge on any atom is 0.258 e. The van der Waals surface area contributed by atoms with E-state index in [1.54, 1.807) is 23.1 Å². The van der Waals surface area contributed by atoms with Gasteiger partial charge in [0.2, 0.25) is 10.0 Å². The third-order valence-corrected chi connectivity index (χ3v) is 5.86. The van der Waals surface area contributed by atoms with E-state index in [9.17, 15) is 13.2 Å². The fourth-order valence-corrected chi connectivity index (χ4v) is 4.10. The van der Waals surface area contributed by atoms with Crippen molar-refractivity contribution < 1.29 is 13.2 Å². The van der Waals surface area contributed by atoms with E-state index < -0.39 is 10.0 Å². The molecule has 1 N–H and O–H groups in total. The van der Waals surface area contributed by atoms with Crippen LogP contribution in [0.25, 0.3) is 0 Å². The molecule has 1 aliphatic heterocycles. The van der Waals surface area contributed by atoms with E-state index in [1.165, 1.54) is 6.08 Å². The van der Waals surface area contributed by atoms with Gasteiger partial charge in [0.1, 0.15) is 0 Å². The second-order valence-electron chi connectivity index (χ2n) is 6.36. The number of hydrogen-bond donors (Lipinski definition) is 1. The van der Waals surface area contributed by atoms with E-state index in [1.807, 2.05) is 31.2 Å². The molecule has 0 fully saturated rings. The van der Waals surface area contributed by atoms with E-state index in [2.05, 4.69) is 11.3 Å². The molecule has 0 aliphatic carbocycles. The molecule has 0 aromatic heterocycles. The molecule has 0 radical (unpaired) electrons. The zero-order valence-corrected chi connectivity index (χ0v) is 15.6. The number of carbonyl (C=O) groups is 1. The minimum absolute atomic E-state index is 0.0636. The number of hydrogen-bond acceptors (Lipinski definition) is 3. The first-order valence-corrected chi connectivity index (χ1v) is 10.0. The zero-order chi connectivity index (χ0) is 18.7. The highest BCUT2D eigenvalue weighted by atomic mass is 32.2. The van der Waals surface area contributed by atoms with Crippen LogP contribution in [0.5, 0.6) is 0 Å². The van der Waals surface area contributed by atoms with Crippen LogP contribution in [0.1, 0.15) is 27.9 Å². The highest BCUT2D eigenvalue weighted by molar-refractivity contribution is 7.89. The van der Waals surface area contributed by atoms with Crippen LogP contribution in [0.4, 0.5) is 5.69 Å². The fourth-order valence-electron chi connectivity index (χ4n) is 3.06. The Hall–Kier alpha value is -2.44. The number of sulfonamides is 1. The molecule has 0 bridgehead atoms. The Balaban J connectivity index is 1.92. The lowest BCUT2D eigenvalue weighted by Crippen LogP contribution is -2.35. The van der Waals surface area contributed by atoms with Crippen molar-refractivity contribution in [1.82, 2.24) is 4.72 Å². The smallest absolute Gasteiger partial charge is 0.258 e. The molecule has 1 amide bonds. The predicted octanol–water partition coefficient (Wildman–Crippen LogP) is 3.05. The standard InChI is InChI=1S/C20H22N2O3S/c1-3-12-21-26(24,25)18-10-11-19-17(14-18)5-4-13-22(19)20(23)16-8-6-15(2)7-9-16/h3,6-11,14,21H,1,4-5,12-13H2,2H3. The van der Waals surface area contributed by atoms with Gasteiger partial charge in [0.25, 0.3) is 5.91 Å². The van der Waals surface area contributed by atoms with Gasteiger partial charge in [-0.2, -0.15) is 0 Å². The lowest BCUT2D eigenvalue weighted by Gasteiger charge is -2.30. The number of rotatable bonds is 5. The Morgan fingerprint density at radius 1 is 1.23 bits per heavy atom. The molecule has 2 aromatic carbocycles. The van der Waals surface area contributed by atoms with Crippen molar-refractivity contribution in [2.75, 3.05) is 18.0 Å². The van der Waals surface area contributed by atoms with E-state index >= 15 is 0 Å². The summed E-state index contributed by atoms with van der Waals surface area (Å²) in [6, 6.07) is 12.4. The summed E-state index contributed by atoms with van der Waals surface area (Å²) >= 11 is 0. The normalized spacial score (nSPS) is 14.0. The van der Waals surface area contributed by atoms with E-state index in [4.69, 9.17) is 0 Å². The Labute approximate surface area is 154 Å². The van der Waals surface area contributed by atoms with Crippen LogP contribution >= 0.6 is 0 Å². The third kappa shape index (κ3) is 3.71. The highest BCUT2D eigenvalue weighted by Gasteiger charge is 2.25. The minimum Gasteiger partial charge on any atom is -0.308 e. The molecular weight excluding hydrogens is 348 g/mol. The third-order valence-electron chi connectivity index (χ3n) is 4.44. The topological polar surface area (TPSA) is 66.5 Å². The lowest BCUT2D eigenvalue weighted by atomic mass is 10.0. The van der Waals surface area contributed by atoms with Gasteiger partial charge in [-0.25, -0.2) is 13.1 Å². The molecule has 0 atom stereocenters. The number of aryl methyl sites for hydroxylation is 2. The first-order valence-electron chi connectivity index (χ1n) is 8.54. The number of amides is 1. The van der Waals surface area contributed by atoms with Crippen molar-refractivity contribution in [3.05, 3.63) is 71.8 Å². The lowest BCUT2D eigenvalue weighted by molar-refractivity contribution is 0.0985. The van der Waals surface area contributed by atoms with E-state index in [-0.39, 0.29) is 17.3 Å². The second kappa shape index (κ2) is 7.43.